The molecule has 4 nitrogen and oxygen atoms in total. The van der Waals surface area contributed by atoms with Gasteiger partial charge in [0.15, 0.2) is 0 Å². The number of nitrogens with zero attached hydrogens (tertiary/aromatic N) is 3. The van der Waals surface area contributed by atoms with E-state index in [4.69, 9.17) is 5.26 Å². The molecule has 0 bridgehead atoms. The van der Waals surface area contributed by atoms with Gasteiger partial charge in [0.1, 0.15) is 6.07 Å². The molecule has 1 heterocycles. The molecule has 0 amide bonds. The second-order valence-corrected chi connectivity index (χ2v) is 3.27. The number of aromatic nitrogens is 2. The highest BCUT2D eigenvalue weighted by Crippen LogP contribution is 2.01. The lowest BCUT2D eigenvalue weighted by atomic mass is 10.3. The lowest BCUT2D eigenvalue weighted by Gasteiger charge is -2.04. The number of rotatable bonds is 5. The van der Waals surface area contributed by atoms with Gasteiger partial charge in [0.25, 0.3) is 0 Å². The van der Waals surface area contributed by atoms with Gasteiger partial charge >= 0.3 is 0 Å². The van der Waals surface area contributed by atoms with E-state index in [0.717, 1.165) is 18.8 Å². The smallest absolute Gasteiger partial charge is 0.212 e. The Bertz CT molecular complexity index is 321. The predicted octanol–water partition coefficient (Wildman–Crippen LogP) is 1.18. The van der Waals surface area contributed by atoms with Crippen molar-refractivity contribution < 1.29 is 0 Å². The Balaban J connectivity index is 2.44. The molecule has 14 heavy (non-hydrogen) atoms. The van der Waals surface area contributed by atoms with Crippen molar-refractivity contribution >= 4 is 0 Å². The van der Waals surface area contributed by atoms with E-state index in [1.54, 1.807) is 6.20 Å². The van der Waals surface area contributed by atoms with Crippen LogP contribution in [0.15, 0.2) is 6.20 Å². The Kier molecular flexibility index (Phi) is 4.14. The van der Waals surface area contributed by atoms with Crippen molar-refractivity contribution in [2.75, 3.05) is 6.54 Å². The minimum Gasteiger partial charge on any atom is -0.322 e. The van der Waals surface area contributed by atoms with Crippen LogP contribution in [-0.2, 0) is 13.6 Å². The Morgan fingerprint density at radius 1 is 1.64 bits per heavy atom. The van der Waals surface area contributed by atoms with Gasteiger partial charge in [-0.05, 0) is 13.0 Å². The van der Waals surface area contributed by atoms with E-state index in [2.05, 4.69) is 17.2 Å². The fourth-order valence-electron chi connectivity index (χ4n) is 1.23. The van der Waals surface area contributed by atoms with Crippen molar-refractivity contribution in [2.45, 2.75) is 26.3 Å². The Morgan fingerprint density at radius 3 is 3.00 bits per heavy atom. The van der Waals surface area contributed by atoms with Crippen LogP contribution in [0, 0.1) is 11.3 Å². The topological polar surface area (TPSA) is 53.6 Å². The summed E-state index contributed by atoms with van der Waals surface area (Å²) in [5, 5.41) is 12.0. The first kappa shape index (κ1) is 10.7. The van der Waals surface area contributed by atoms with Crippen molar-refractivity contribution in [2.24, 2.45) is 7.05 Å². The Morgan fingerprint density at radius 2 is 2.43 bits per heavy atom. The number of imidazole rings is 1. The zero-order chi connectivity index (χ0) is 10.4. The maximum absolute atomic E-state index is 8.69. The maximum Gasteiger partial charge on any atom is 0.212 e. The van der Waals surface area contributed by atoms with E-state index in [1.807, 2.05) is 17.7 Å². The molecular weight excluding hydrogens is 176 g/mol. The van der Waals surface area contributed by atoms with Crippen LogP contribution in [0.4, 0.5) is 0 Å². The van der Waals surface area contributed by atoms with Gasteiger partial charge in [-0.3, -0.25) is 0 Å². The molecule has 0 atom stereocenters. The molecule has 1 aromatic rings. The average molecular weight is 192 g/mol. The molecule has 0 radical (unpaired) electrons. The third kappa shape index (κ3) is 2.57. The fourth-order valence-corrected chi connectivity index (χ4v) is 1.23. The Hall–Kier alpha value is -1.34. The lowest BCUT2D eigenvalue weighted by Crippen LogP contribution is -2.16. The van der Waals surface area contributed by atoms with Gasteiger partial charge < -0.3 is 9.88 Å². The molecule has 4 heteroatoms. The molecule has 0 aliphatic heterocycles. The minimum atomic E-state index is 0.470. The zero-order valence-electron chi connectivity index (χ0n) is 8.75. The largest absolute Gasteiger partial charge is 0.322 e. The molecule has 1 aromatic heterocycles. The van der Waals surface area contributed by atoms with Gasteiger partial charge in [-0.25, -0.2) is 4.98 Å². The summed E-state index contributed by atoms with van der Waals surface area (Å²) in [5.41, 5.74) is 1.05. The van der Waals surface area contributed by atoms with Crippen LogP contribution >= 0.6 is 0 Å². The van der Waals surface area contributed by atoms with Crippen molar-refractivity contribution in [3.05, 3.63) is 17.7 Å². The van der Waals surface area contributed by atoms with Gasteiger partial charge in [0.2, 0.25) is 5.82 Å². The molecule has 1 rings (SSSR count). The van der Waals surface area contributed by atoms with Crippen molar-refractivity contribution in [1.29, 1.82) is 5.26 Å². The molecule has 0 unspecified atom stereocenters. The van der Waals surface area contributed by atoms with Crippen LogP contribution in [0.5, 0.6) is 0 Å². The monoisotopic (exact) mass is 192 g/mol. The van der Waals surface area contributed by atoms with Crippen LogP contribution in [0.3, 0.4) is 0 Å². The van der Waals surface area contributed by atoms with Gasteiger partial charge in [-0.2, -0.15) is 5.26 Å². The lowest BCUT2D eigenvalue weighted by molar-refractivity contribution is 0.618. The summed E-state index contributed by atoms with van der Waals surface area (Å²) in [6.45, 7) is 3.97. The summed E-state index contributed by atoms with van der Waals surface area (Å²) in [6.07, 6.45) is 4.13. The van der Waals surface area contributed by atoms with E-state index in [1.165, 1.54) is 12.8 Å². The predicted molar refractivity (Wildman–Crippen MR) is 54.5 cm³/mol. The summed E-state index contributed by atoms with van der Waals surface area (Å²) in [7, 11) is 1.86. The summed E-state index contributed by atoms with van der Waals surface area (Å²) in [4.78, 5) is 3.99. The van der Waals surface area contributed by atoms with Crippen LogP contribution in [-0.4, -0.2) is 16.1 Å². The van der Waals surface area contributed by atoms with Crippen LogP contribution in [0.1, 0.15) is 31.3 Å². The van der Waals surface area contributed by atoms with Gasteiger partial charge in [0, 0.05) is 13.6 Å². The normalized spacial score (nSPS) is 10.1. The third-order valence-corrected chi connectivity index (χ3v) is 2.20. The van der Waals surface area contributed by atoms with E-state index in [-0.39, 0.29) is 0 Å². The first-order valence-electron chi connectivity index (χ1n) is 4.91. The van der Waals surface area contributed by atoms with Crippen LogP contribution in [0.25, 0.3) is 0 Å². The van der Waals surface area contributed by atoms with Crippen molar-refractivity contribution in [3.8, 4) is 6.07 Å². The van der Waals surface area contributed by atoms with E-state index in [0.29, 0.717) is 5.82 Å². The molecule has 0 aliphatic carbocycles. The molecule has 1 N–H and O–H groups in total. The fraction of sp³-hybridized carbons (Fsp3) is 0.600. The van der Waals surface area contributed by atoms with Crippen molar-refractivity contribution in [3.63, 3.8) is 0 Å². The van der Waals surface area contributed by atoms with Gasteiger partial charge in [0.05, 0.1) is 11.9 Å². The third-order valence-electron chi connectivity index (χ3n) is 2.20. The minimum absolute atomic E-state index is 0.470. The summed E-state index contributed by atoms with van der Waals surface area (Å²) in [6, 6.07) is 2.04. The zero-order valence-corrected chi connectivity index (χ0v) is 8.75. The number of hydrogen-bond donors (Lipinski definition) is 1. The standard InChI is InChI=1S/C10H16N4/c1-3-4-5-12-7-9-8-13-10(6-11)14(9)2/h8,12H,3-5,7H2,1-2H3. The van der Waals surface area contributed by atoms with Crippen LogP contribution in [0.2, 0.25) is 0 Å². The highest BCUT2D eigenvalue weighted by atomic mass is 15.1. The molecule has 0 spiro atoms. The van der Waals surface area contributed by atoms with E-state index < -0.39 is 0 Å². The number of unbranched alkanes of at least 4 members (excludes halogenated alkanes) is 1. The number of nitrogens with one attached hydrogen (secondary N) is 1. The van der Waals surface area contributed by atoms with Crippen LogP contribution < -0.4 is 5.32 Å². The molecule has 0 aromatic carbocycles. The average Bonchev–Trinajstić information content (AvgIpc) is 2.55. The molecule has 0 aliphatic rings. The Labute approximate surface area is 84.6 Å². The summed E-state index contributed by atoms with van der Waals surface area (Å²) >= 11 is 0. The molecule has 0 saturated carbocycles. The molecule has 0 saturated heterocycles. The highest BCUT2D eigenvalue weighted by Gasteiger charge is 2.03. The van der Waals surface area contributed by atoms with E-state index in [9.17, 15) is 0 Å². The van der Waals surface area contributed by atoms with Crippen molar-refractivity contribution in [1.82, 2.24) is 14.9 Å². The second kappa shape index (κ2) is 5.40. The summed E-state index contributed by atoms with van der Waals surface area (Å²) in [5.74, 6) is 0.470. The summed E-state index contributed by atoms with van der Waals surface area (Å²) < 4.78 is 1.82. The SMILES string of the molecule is CCCCNCc1cnc(C#N)n1C. The second-order valence-electron chi connectivity index (χ2n) is 3.27. The first-order chi connectivity index (χ1) is 6.79. The highest BCUT2D eigenvalue weighted by molar-refractivity contribution is 5.16. The number of nitriles is 1. The van der Waals surface area contributed by atoms with Gasteiger partial charge in [-0.15, -0.1) is 0 Å². The van der Waals surface area contributed by atoms with E-state index >= 15 is 0 Å². The first-order valence-corrected chi connectivity index (χ1v) is 4.91. The van der Waals surface area contributed by atoms with Gasteiger partial charge in [-0.1, -0.05) is 13.3 Å². The molecule has 76 valence electrons. The quantitative estimate of drug-likeness (QED) is 0.713. The number of hydrogen-bond acceptors (Lipinski definition) is 3. The molecule has 0 fully saturated rings. The maximum atomic E-state index is 8.69. The molecular formula is C10H16N4.